The van der Waals surface area contributed by atoms with E-state index in [9.17, 15) is 4.79 Å². The first kappa shape index (κ1) is 18.2. The van der Waals surface area contributed by atoms with Gasteiger partial charge in [0.2, 0.25) is 0 Å². The van der Waals surface area contributed by atoms with E-state index in [0.717, 1.165) is 16.6 Å². The Hall–Kier alpha value is -0.573. The van der Waals surface area contributed by atoms with Crippen LogP contribution in [0.2, 0.25) is 16.6 Å². The molecule has 0 aromatic rings. The van der Waals surface area contributed by atoms with Crippen molar-refractivity contribution in [1.29, 1.82) is 0 Å². The summed E-state index contributed by atoms with van der Waals surface area (Å²) >= 11 is 0. The Morgan fingerprint density at radius 3 is 1.33 bits per heavy atom. The second-order valence-corrected chi connectivity index (χ2v) is 12.8. The van der Waals surface area contributed by atoms with Gasteiger partial charge in [-0.2, -0.15) is 0 Å². The minimum Gasteiger partial charge on any atom is -0.515 e. The van der Waals surface area contributed by atoms with Crippen LogP contribution in [0.15, 0.2) is 12.7 Å². The van der Waals surface area contributed by atoms with Gasteiger partial charge in [0.1, 0.15) is 0 Å². The van der Waals surface area contributed by atoms with Gasteiger partial charge in [0, 0.05) is 6.08 Å². The first-order valence-electron chi connectivity index (χ1n) is 10.6. The van der Waals surface area contributed by atoms with Crippen molar-refractivity contribution in [3.63, 3.8) is 0 Å². The van der Waals surface area contributed by atoms with Gasteiger partial charge in [-0.25, -0.2) is 4.79 Å². The zero-order chi connectivity index (χ0) is 16.8. The third kappa shape index (κ3) is 3.81. The predicted octanol–water partition coefficient (Wildman–Crippen LogP) is 6.66. The number of carbonyl (C=O) groups excluding carboxylic acids is 1. The first-order valence-corrected chi connectivity index (χ1v) is 12.8. The zero-order valence-corrected chi connectivity index (χ0v) is 16.4. The molecule has 0 N–H and O–H groups in total. The molecule has 0 spiro atoms. The molecule has 3 aliphatic rings. The van der Waals surface area contributed by atoms with Crippen LogP contribution in [0.4, 0.5) is 0 Å². The van der Waals surface area contributed by atoms with Gasteiger partial charge >= 0.3 is 5.97 Å². The normalized spacial score (nSPS) is 25.3. The van der Waals surface area contributed by atoms with Gasteiger partial charge in [-0.15, -0.1) is 0 Å². The highest BCUT2D eigenvalue weighted by Crippen LogP contribution is 2.57. The summed E-state index contributed by atoms with van der Waals surface area (Å²) in [7, 11) is -2.10. The summed E-state index contributed by atoms with van der Waals surface area (Å²) in [6, 6.07) is 0. The topological polar surface area (TPSA) is 26.3 Å². The molecular formula is C21H36O2Si. The lowest BCUT2D eigenvalue weighted by Crippen LogP contribution is -2.54. The van der Waals surface area contributed by atoms with Crippen LogP contribution in [-0.4, -0.2) is 14.3 Å². The summed E-state index contributed by atoms with van der Waals surface area (Å²) in [6.45, 7) is 3.73. The molecule has 3 fully saturated rings. The van der Waals surface area contributed by atoms with E-state index in [-0.39, 0.29) is 5.97 Å². The SMILES string of the molecule is C=CC(=O)O[Si](C1CCCCC1)(C1CCCCC1)C1CCCCC1. The number of rotatable bonds is 5. The van der Waals surface area contributed by atoms with Gasteiger partial charge in [0.25, 0.3) is 8.32 Å². The van der Waals surface area contributed by atoms with E-state index >= 15 is 0 Å². The van der Waals surface area contributed by atoms with Crippen molar-refractivity contribution in [2.24, 2.45) is 0 Å². The maximum Gasteiger partial charge on any atom is 0.316 e. The molecule has 0 aromatic heterocycles. The highest BCUT2D eigenvalue weighted by atomic mass is 28.4. The second kappa shape index (κ2) is 8.69. The fraction of sp³-hybridized carbons (Fsp3) is 0.857. The van der Waals surface area contributed by atoms with E-state index < -0.39 is 8.32 Å². The van der Waals surface area contributed by atoms with E-state index in [2.05, 4.69) is 6.58 Å². The van der Waals surface area contributed by atoms with E-state index in [1.54, 1.807) is 0 Å². The maximum absolute atomic E-state index is 12.4. The molecule has 0 aliphatic heterocycles. The fourth-order valence-electron chi connectivity index (χ4n) is 6.13. The molecule has 3 rings (SSSR count). The average molecular weight is 349 g/mol. The molecule has 0 heterocycles. The molecule has 136 valence electrons. The molecule has 2 nitrogen and oxygen atoms in total. The minimum atomic E-state index is -2.10. The second-order valence-electron chi connectivity index (χ2n) is 8.48. The largest absolute Gasteiger partial charge is 0.515 e. The molecule has 0 radical (unpaired) electrons. The summed E-state index contributed by atoms with van der Waals surface area (Å²) in [5, 5.41) is 0. The van der Waals surface area contributed by atoms with Crippen LogP contribution in [0.3, 0.4) is 0 Å². The molecular weight excluding hydrogens is 312 g/mol. The third-order valence-corrected chi connectivity index (χ3v) is 13.3. The third-order valence-electron chi connectivity index (χ3n) is 7.17. The lowest BCUT2D eigenvalue weighted by atomic mass is 9.98. The van der Waals surface area contributed by atoms with Crippen LogP contribution in [0, 0.1) is 0 Å². The van der Waals surface area contributed by atoms with Gasteiger partial charge in [0.05, 0.1) is 0 Å². The van der Waals surface area contributed by atoms with Crippen molar-refractivity contribution in [3.8, 4) is 0 Å². The lowest BCUT2D eigenvalue weighted by molar-refractivity contribution is -0.130. The maximum atomic E-state index is 12.4. The number of hydrogen-bond donors (Lipinski definition) is 0. The molecule has 3 heteroatoms. The number of hydrogen-bond acceptors (Lipinski definition) is 2. The fourth-order valence-corrected chi connectivity index (χ4v) is 13.0. The van der Waals surface area contributed by atoms with E-state index in [0.29, 0.717) is 0 Å². The van der Waals surface area contributed by atoms with Crippen molar-refractivity contribution in [3.05, 3.63) is 12.7 Å². The molecule has 0 atom stereocenters. The van der Waals surface area contributed by atoms with Gasteiger partial charge in [-0.3, -0.25) is 0 Å². The van der Waals surface area contributed by atoms with Crippen LogP contribution in [0.1, 0.15) is 96.3 Å². The Morgan fingerprint density at radius 2 is 1.04 bits per heavy atom. The Kier molecular flexibility index (Phi) is 6.60. The zero-order valence-electron chi connectivity index (χ0n) is 15.4. The van der Waals surface area contributed by atoms with Crippen molar-refractivity contribution >= 4 is 14.3 Å². The van der Waals surface area contributed by atoms with Gasteiger partial charge in [-0.05, 0) is 55.1 Å². The smallest absolute Gasteiger partial charge is 0.316 e. The average Bonchev–Trinajstić information content (AvgIpc) is 2.68. The monoisotopic (exact) mass is 348 g/mol. The van der Waals surface area contributed by atoms with Crippen LogP contribution in [-0.2, 0) is 9.22 Å². The highest BCUT2D eigenvalue weighted by Gasteiger charge is 2.57. The van der Waals surface area contributed by atoms with E-state index in [1.165, 1.54) is 102 Å². The van der Waals surface area contributed by atoms with Gasteiger partial charge < -0.3 is 4.43 Å². The Labute approximate surface area is 149 Å². The molecule has 24 heavy (non-hydrogen) atoms. The van der Waals surface area contributed by atoms with Crippen LogP contribution < -0.4 is 0 Å². The molecule has 3 aliphatic carbocycles. The van der Waals surface area contributed by atoms with Crippen molar-refractivity contribution < 1.29 is 9.22 Å². The summed E-state index contributed by atoms with van der Waals surface area (Å²) < 4.78 is 6.59. The molecule has 0 unspecified atom stereocenters. The van der Waals surface area contributed by atoms with Gasteiger partial charge in [-0.1, -0.05) is 64.4 Å². The number of carbonyl (C=O) groups is 1. The molecule has 3 saturated carbocycles. The first-order chi connectivity index (χ1) is 11.8. The summed E-state index contributed by atoms with van der Waals surface area (Å²) in [5.41, 5.74) is 2.17. The van der Waals surface area contributed by atoms with Crippen molar-refractivity contribution in [2.45, 2.75) is 113 Å². The Balaban J connectivity index is 1.95. The Bertz CT molecular complexity index is 370. The predicted molar refractivity (Wildman–Crippen MR) is 103 cm³/mol. The van der Waals surface area contributed by atoms with Crippen molar-refractivity contribution in [1.82, 2.24) is 0 Å². The summed E-state index contributed by atoms with van der Waals surface area (Å²) in [5.74, 6) is -0.108. The molecule has 0 bridgehead atoms. The lowest BCUT2D eigenvalue weighted by Gasteiger charge is -2.51. The van der Waals surface area contributed by atoms with Crippen LogP contribution in [0.25, 0.3) is 0 Å². The molecule has 0 saturated heterocycles. The van der Waals surface area contributed by atoms with Crippen molar-refractivity contribution in [2.75, 3.05) is 0 Å². The molecule has 0 amide bonds. The van der Waals surface area contributed by atoms with Gasteiger partial charge in [0.15, 0.2) is 0 Å². The van der Waals surface area contributed by atoms with E-state index in [1.807, 2.05) is 0 Å². The summed E-state index contributed by atoms with van der Waals surface area (Å²) in [6.07, 6.45) is 21.6. The summed E-state index contributed by atoms with van der Waals surface area (Å²) in [4.78, 5) is 12.4. The van der Waals surface area contributed by atoms with Crippen LogP contribution in [0.5, 0.6) is 0 Å². The Morgan fingerprint density at radius 1 is 0.708 bits per heavy atom. The highest BCUT2D eigenvalue weighted by molar-refractivity contribution is 6.79. The van der Waals surface area contributed by atoms with Crippen LogP contribution >= 0.6 is 0 Å². The molecule has 0 aromatic carbocycles. The quantitative estimate of drug-likeness (QED) is 0.410. The van der Waals surface area contributed by atoms with E-state index in [4.69, 9.17) is 4.43 Å². The standard InChI is InChI=1S/C21H36O2Si/c1-2-21(22)23-24(18-12-6-3-7-13-18,19-14-8-4-9-15-19)20-16-10-5-11-17-20/h2,18-20H,1,3-17H2. The minimum absolute atomic E-state index is 0.108.